The molecule has 0 heterocycles. The van der Waals surface area contributed by atoms with Crippen molar-refractivity contribution in [2.24, 2.45) is 0 Å². The maximum atomic E-state index is 0. The molecule has 0 aromatic carbocycles. The first-order chi connectivity index (χ1) is 0. The Morgan fingerprint density at radius 3 is 1.00 bits per heavy atom. The zero-order valence-electron chi connectivity index (χ0n) is 1.33. The van der Waals surface area contributed by atoms with Crippen LogP contribution in [0.1, 0.15) is 7.43 Å². The molecule has 0 aromatic heterocycles. The predicted octanol–water partition coefficient (Wildman–Crippen LogP) is -0.128. The minimum atomic E-state index is 0. The third-order valence-corrected chi connectivity index (χ3v) is 0. The normalized spacial score (nSPS) is 0. The SMILES string of the molecule is C.[Co].[Si].[Sn]. The van der Waals surface area contributed by atoms with E-state index >= 15 is 0 Å². The van der Waals surface area contributed by atoms with Crippen LogP contribution in [0, 0.1) is 0 Å². The number of rotatable bonds is 0. The summed E-state index contributed by atoms with van der Waals surface area (Å²) in [4.78, 5) is 0. The van der Waals surface area contributed by atoms with Gasteiger partial charge in [0.25, 0.3) is 0 Å². The van der Waals surface area contributed by atoms with Gasteiger partial charge in [0.2, 0.25) is 0 Å². The Kier molecular flexibility index (Phi) is 295. The molecule has 25 valence electrons. The van der Waals surface area contributed by atoms with Crippen LogP contribution in [0.4, 0.5) is 0 Å². The van der Waals surface area contributed by atoms with Crippen LogP contribution in [-0.2, 0) is 16.8 Å². The standard InChI is InChI=1S/CH4.Co.Si.Sn/h1H4;;;. The van der Waals surface area contributed by atoms with E-state index in [0.29, 0.717) is 0 Å². The largest absolute Gasteiger partial charge is 0.0776 e. The monoisotopic (exact) mass is 223 g/mol. The molecule has 0 aromatic rings. The van der Waals surface area contributed by atoms with Crippen LogP contribution in [0.3, 0.4) is 0 Å². The van der Waals surface area contributed by atoms with E-state index in [1.54, 1.807) is 0 Å². The summed E-state index contributed by atoms with van der Waals surface area (Å²) < 4.78 is 0. The van der Waals surface area contributed by atoms with Crippen molar-refractivity contribution in [3.8, 4) is 0 Å². The molecule has 0 fully saturated rings. The molecule has 0 N–H and O–H groups in total. The molecule has 0 aliphatic heterocycles. The summed E-state index contributed by atoms with van der Waals surface area (Å²) in [6.07, 6.45) is 0. The minimum Gasteiger partial charge on any atom is -0.0776 e. The van der Waals surface area contributed by atoms with Gasteiger partial charge in [0, 0.05) is 51.7 Å². The average Bonchev–Trinajstić information content (AvgIpc) is 0. The van der Waals surface area contributed by atoms with Crippen molar-refractivity contribution in [2.45, 2.75) is 7.43 Å². The Balaban J connectivity index is 0. The molecule has 0 nitrogen and oxygen atoms in total. The van der Waals surface area contributed by atoms with Gasteiger partial charge in [-0.15, -0.1) is 0 Å². The van der Waals surface area contributed by atoms with Gasteiger partial charge in [-0.3, -0.25) is 0 Å². The van der Waals surface area contributed by atoms with Crippen molar-refractivity contribution in [3.63, 3.8) is 0 Å². The van der Waals surface area contributed by atoms with Gasteiger partial charge in [0.15, 0.2) is 0 Å². The molecule has 4 heavy (non-hydrogen) atoms. The number of hydrogen-bond donors (Lipinski definition) is 0. The molecule has 0 aliphatic carbocycles. The first kappa shape index (κ1) is 48.7. The van der Waals surface area contributed by atoms with Gasteiger partial charge in [0.1, 0.15) is 0 Å². The summed E-state index contributed by atoms with van der Waals surface area (Å²) in [6.45, 7) is 0. The van der Waals surface area contributed by atoms with Crippen LogP contribution >= 0.6 is 0 Å². The first-order valence-corrected chi connectivity index (χ1v) is 0. The van der Waals surface area contributed by atoms with Crippen molar-refractivity contribution in [3.05, 3.63) is 0 Å². The smallest absolute Gasteiger partial charge is 0 e. The van der Waals surface area contributed by atoms with Crippen molar-refractivity contribution in [2.75, 3.05) is 0 Å². The molecule has 3 heteroatoms. The molecule has 0 unspecified atom stereocenters. The first-order valence-electron chi connectivity index (χ1n) is 0. The predicted molar refractivity (Wildman–Crippen MR) is 18.2 cm³/mol. The van der Waals surface area contributed by atoms with Gasteiger partial charge in [0.05, 0.1) is 0 Å². The fourth-order valence-corrected chi connectivity index (χ4v) is 0. The van der Waals surface area contributed by atoms with Gasteiger partial charge in [-0.2, -0.15) is 0 Å². The fraction of sp³-hybridized carbons (Fsp3) is 1.00. The van der Waals surface area contributed by atoms with Gasteiger partial charge < -0.3 is 0 Å². The molecule has 9 radical (unpaired) electrons. The van der Waals surface area contributed by atoms with E-state index in [9.17, 15) is 0 Å². The molecule has 0 spiro atoms. The quantitative estimate of drug-likeness (QED) is 0.500. The zero-order chi connectivity index (χ0) is 0. The minimum absolute atomic E-state index is 0. The second-order valence-electron chi connectivity index (χ2n) is 0. The van der Waals surface area contributed by atoms with E-state index in [2.05, 4.69) is 0 Å². The Bertz CT molecular complexity index is 8.00. The molecule has 0 saturated heterocycles. The van der Waals surface area contributed by atoms with Crippen molar-refractivity contribution < 1.29 is 16.8 Å². The summed E-state index contributed by atoms with van der Waals surface area (Å²) in [6, 6.07) is 0. The molecular weight excluding hydrogens is 218 g/mol. The maximum absolute atomic E-state index is 0. The molecular formula is CH4CoSiSn. The molecule has 0 amide bonds. The van der Waals surface area contributed by atoms with Crippen LogP contribution in [-0.4, -0.2) is 34.9 Å². The molecule has 0 saturated carbocycles. The second kappa shape index (κ2) is 24.2. The van der Waals surface area contributed by atoms with Crippen LogP contribution in [0.5, 0.6) is 0 Å². The summed E-state index contributed by atoms with van der Waals surface area (Å²) in [5.74, 6) is 0. The van der Waals surface area contributed by atoms with Crippen LogP contribution in [0.25, 0.3) is 0 Å². The second-order valence-corrected chi connectivity index (χ2v) is 0. The topological polar surface area (TPSA) is 0 Å². The zero-order valence-corrected chi connectivity index (χ0v) is 6.23. The van der Waals surface area contributed by atoms with Gasteiger partial charge in [-0.05, 0) is 0 Å². The van der Waals surface area contributed by atoms with E-state index in [1.165, 1.54) is 0 Å². The van der Waals surface area contributed by atoms with Crippen LogP contribution < -0.4 is 0 Å². The summed E-state index contributed by atoms with van der Waals surface area (Å²) in [7, 11) is 0. The van der Waals surface area contributed by atoms with E-state index in [-0.39, 0.29) is 59.1 Å². The third kappa shape index (κ3) is 9.67. The Labute approximate surface area is 58.9 Å². The maximum Gasteiger partial charge on any atom is 0 e. The fourth-order valence-electron chi connectivity index (χ4n) is 0. The van der Waals surface area contributed by atoms with Crippen molar-refractivity contribution >= 4 is 34.9 Å². The Morgan fingerprint density at radius 1 is 1.00 bits per heavy atom. The van der Waals surface area contributed by atoms with E-state index in [1.807, 2.05) is 0 Å². The Hall–Kier alpha value is 1.52. The van der Waals surface area contributed by atoms with Gasteiger partial charge in [-0.25, -0.2) is 0 Å². The number of hydrogen-bond acceptors (Lipinski definition) is 0. The van der Waals surface area contributed by atoms with E-state index in [4.69, 9.17) is 0 Å². The van der Waals surface area contributed by atoms with Crippen molar-refractivity contribution in [1.29, 1.82) is 0 Å². The van der Waals surface area contributed by atoms with Gasteiger partial charge >= 0.3 is 0 Å². The van der Waals surface area contributed by atoms with E-state index in [0.717, 1.165) is 0 Å². The van der Waals surface area contributed by atoms with E-state index < -0.39 is 0 Å². The molecule has 0 rings (SSSR count). The van der Waals surface area contributed by atoms with Gasteiger partial charge in [-0.1, -0.05) is 7.43 Å². The third-order valence-electron chi connectivity index (χ3n) is 0. The summed E-state index contributed by atoms with van der Waals surface area (Å²) in [5, 5.41) is 0. The van der Waals surface area contributed by atoms with Crippen molar-refractivity contribution in [1.82, 2.24) is 0 Å². The Morgan fingerprint density at radius 2 is 1.00 bits per heavy atom. The summed E-state index contributed by atoms with van der Waals surface area (Å²) in [5.41, 5.74) is 0. The van der Waals surface area contributed by atoms with Crippen LogP contribution in [0.15, 0.2) is 0 Å². The average molecular weight is 222 g/mol. The van der Waals surface area contributed by atoms with Crippen LogP contribution in [0.2, 0.25) is 0 Å². The molecule has 0 aliphatic rings. The molecule has 0 atom stereocenters. The molecule has 0 bridgehead atoms. The summed E-state index contributed by atoms with van der Waals surface area (Å²) >= 11 is 0.